The van der Waals surface area contributed by atoms with Crippen LogP contribution in [-0.4, -0.2) is 70.9 Å². The maximum Gasteiger partial charge on any atom is 0.319 e. The first-order chi connectivity index (χ1) is 24.0. The molecule has 0 radical (unpaired) electrons. The fraction of sp³-hybridized carbons (Fsp3) is 0.289. The summed E-state index contributed by atoms with van der Waals surface area (Å²) in [6, 6.07) is 22.8. The molecule has 2 heterocycles. The Morgan fingerprint density at radius 2 is 1.68 bits per heavy atom. The molecule has 4 aromatic rings. The predicted octanol–water partition coefficient (Wildman–Crippen LogP) is 5.21. The summed E-state index contributed by atoms with van der Waals surface area (Å²) in [5.74, 6) is -0.944. The number of nitrogens with zero attached hydrogens (tertiary/aromatic N) is 3. The van der Waals surface area contributed by atoms with E-state index in [1.54, 1.807) is 48.5 Å². The highest BCUT2D eigenvalue weighted by molar-refractivity contribution is 6.05. The van der Waals surface area contributed by atoms with E-state index in [2.05, 4.69) is 42.9 Å². The van der Waals surface area contributed by atoms with Gasteiger partial charge in [-0.25, -0.2) is 4.79 Å². The molecule has 1 atom stereocenters. The summed E-state index contributed by atoms with van der Waals surface area (Å²) in [4.78, 5) is 54.8. The number of hydrogen-bond donors (Lipinski definition) is 5. The minimum Gasteiger partial charge on any atom is -0.352 e. The van der Waals surface area contributed by atoms with Gasteiger partial charge in [0, 0.05) is 46.8 Å². The fourth-order valence-electron chi connectivity index (χ4n) is 6.01. The monoisotopic (exact) mass is 676 g/mol. The van der Waals surface area contributed by atoms with Crippen molar-refractivity contribution >= 4 is 35.1 Å². The third-order valence-corrected chi connectivity index (χ3v) is 8.69. The average molecular weight is 677 g/mol. The van der Waals surface area contributed by atoms with Crippen LogP contribution in [-0.2, 0) is 23.3 Å². The van der Waals surface area contributed by atoms with Crippen molar-refractivity contribution in [2.75, 3.05) is 37.8 Å². The quantitative estimate of drug-likeness (QED) is 0.0969. The normalized spacial score (nSPS) is 13.7. The molecule has 1 aromatic heterocycles. The number of aromatic nitrogens is 2. The molecule has 5 rings (SSSR count). The van der Waals surface area contributed by atoms with Gasteiger partial charge in [-0.3, -0.25) is 19.5 Å². The molecular weight excluding hydrogens is 632 g/mol. The summed E-state index contributed by atoms with van der Waals surface area (Å²) in [7, 11) is 3.98. The van der Waals surface area contributed by atoms with Gasteiger partial charge in [-0.2, -0.15) is 5.10 Å². The second-order valence-corrected chi connectivity index (χ2v) is 13.0. The average Bonchev–Trinajstić information content (AvgIpc) is 3.63. The third-order valence-electron chi connectivity index (χ3n) is 8.69. The van der Waals surface area contributed by atoms with Crippen LogP contribution in [0.4, 0.5) is 16.2 Å². The topological polar surface area (TPSA) is 152 Å². The van der Waals surface area contributed by atoms with Gasteiger partial charge in [0.2, 0.25) is 5.91 Å². The zero-order valence-corrected chi connectivity index (χ0v) is 28.9. The highest BCUT2D eigenvalue weighted by atomic mass is 16.2. The lowest BCUT2D eigenvalue weighted by Crippen LogP contribution is -2.48. The number of aryl methyl sites for hydroxylation is 1. The van der Waals surface area contributed by atoms with E-state index >= 15 is 0 Å². The Labute approximate surface area is 292 Å². The molecule has 1 aliphatic heterocycles. The maximum atomic E-state index is 13.7. The van der Waals surface area contributed by atoms with Crippen LogP contribution in [0.15, 0.2) is 91.5 Å². The van der Waals surface area contributed by atoms with Crippen LogP contribution >= 0.6 is 0 Å². The Balaban J connectivity index is 1.13. The number of hydrogen-bond acceptors (Lipinski definition) is 6. The van der Waals surface area contributed by atoms with E-state index in [-0.39, 0.29) is 29.8 Å². The number of likely N-dealkylation sites (N-methyl/N-ethyl adjacent to an activating group) is 1. The van der Waals surface area contributed by atoms with Gasteiger partial charge < -0.3 is 31.1 Å². The lowest BCUT2D eigenvalue weighted by atomic mass is 9.99. The first kappa shape index (κ1) is 35.6. The number of anilines is 2. The second kappa shape index (κ2) is 15.6. The SMILES string of the molecule is C=CC(=O)Nc1ccc(C(=O)Nc2cccc(C(=O)NCCCc3[nH]nc4c3CN(C(=O)N[C@H](CN(C)C)c3ccccc3)C4(C)C)c2)cc1. The Hall–Kier alpha value is -5.75. The van der Waals surface area contributed by atoms with Gasteiger partial charge in [-0.15, -0.1) is 0 Å². The molecule has 0 saturated carbocycles. The van der Waals surface area contributed by atoms with E-state index in [9.17, 15) is 19.2 Å². The van der Waals surface area contributed by atoms with Gasteiger partial charge >= 0.3 is 6.03 Å². The lowest BCUT2D eigenvalue weighted by Gasteiger charge is -2.33. The Kier molecular flexibility index (Phi) is 11.1. The molecule has 50 heavy (non-hydrogen) atoms. The van der Waals surface area contributed by atoms with Gasteiger partial charge in [0.25, 0.3) is 11.8 Å². The Morgan fingerprint density at radius 3 is 2.38 bits per heavy atom. The Bertz CT molecular complexity index is 1850. The second-order valence-electron chi connectivity index (χ2n) is 13.0. The molecule has 0 spiro atoms. The minimum absolute atomic E-state index is 0.146. The van der Waals surface area contributed by atoms with Crippen molar-refractivity contribution in [3.8, 4) is 0 Å². The van der Waals surface area contributed by atoms with Crippen LogP contribution in [0.3, 0.4) is 0 Å². The molecule has 1 aliphatic rings. The third kappa shape index (κ3) is 8.45. The van der Waals surface area contributed by atoms with Gasteiger partial charge in [0.05, 0.1) is 23.8 Å². The number of rotatable bonds is 13. The number of nitrogens with one attached hydrogen (secondary N) is 5. The van der Waals surface area contributed by atoms with E-state index in [1.165, 1.54) is 6.08 Å². The smallest absolute Gasteiger partial charge is 0.319 e. The molecule has 0 saturated heterocycles. The van der Waals surface area contributed by atoms with Crippen molar-refractivity contribution in [3.63, 3.8) is 0 Å². The number of fused-ring (bicyclic) bond motifs is 1. The number of benzene rings is 3. The van der Waals surface area contributed by atoms with Gasteiger partial charge in [0.1, 0.15) is 0 Å². The van der Waals surface area contributed by atoms with Crippen molar-refractivity contribution in [2.45, 2.75) is 44.8 Å². The van der Waals surface area contributed by atoms with Crippen LogP contribution < -0.4 is 21.3 Å². The molecular formula is C38H44N8O4. The Morgan fingerprint density at radius 1 is 0.940 bits per heavy atom. The molecule has 0 unspecified atom stereocenters. The van der Waals surface area contributed by atoms with E-state index in [0.717, 1.165) is 22.5 Å². The van der Waals surface area contributed by atoms with Gasteiger partial charge in [-0.1, -0.05) is 43.0 Å². The van der Waals surface area contributed by atoms with E-state index in [4.69, 9.17) is 0 Å². The number of amides is 5. The summed E-state index contributed by atoms with van der Waals surface area (Å²) >= 11 is 0. The molecule has 0 fully saturated rings. The highest BCUT2D eigenvalue weighted by Gasteiger charge is 2.44. The zero-order valence-electron chi connectivity index (χ0n) is 28.9. The van der Waals surface area contributed by atoms with Crippen LogP contribution in [0.25, 0.3) is 0 Å². The van der Waals surface area contributed by atoms with Crippen LogP contribution in [0, 0.1) is 0 Å². The van der Waals surface area contributed by atoms with Crippen molar-refractivity contribution in [2.24, 2.45) is 0 Å². The van der Waals surface area contributed by atoms with Gasteiger partial charge in [0.15, 0.2) is 0 Å². The summed E-state index contributed by atoms with van der Waals surface area (Å²) < 4.78 is 0. The molecule has 12 heteroatoms. The minimum atomic E-state index is -0.603. The lowest BCUT2D eigenvalue weighted by molar-refractivity contribution is -0.111. The fourth-order valence-corrected chi connectivity index (χ4v) is 6.01. The zero-order chi connectivity index (χ0) is 35.8. The van der Waals surface area contributed by atoms with Crippen LogP contribution in [0.5, 0.6) is 0 Å². The molecule has 12 nitrogen and oxygen atoms in total. The highest BCUT2D eigenvalue weighted by Crippen LogP contribution is 2.39. The molecule has 5 amide bonds. The summed E-state index contributed by atoms with van der Waals surface area (Å²) in [6.45, 7) is 8.96. The van der Waals surface area contributed by atoms with Gasteiger partial charge in [-0.05, 0) is 94.9 Å². The summed E-state index contributed by atoms with van der Waals surface area (Å²) in [6.07, 6.45) is 2.47. The molecule has 5 N–H and O–H groups in total. The number of carbonyl (C=O) groups excluding carboxylic acids is 4. The molecule has 0 bridgehead atoms. The van der Waals surface area contributed by atoms with Crippen molar-refractivity contribution in [3.05, 3.63) is 125 Å². The van der Waals surface area contributed by atoms with E-state index < -0.39 is 5.54 Å². The predicted molar refractivity (Wildman–Crippen MR) is 194 cm³/mol. The van der Waals surface area contributed by atoms with Crippen molar-refractivity contribution in [1.29, 1.82) is 0 Å². The largest absolute Gasteiger partial charge is 0.352 e. The molecule has 3 aromatic carbocycles. The van der Waals surface area contributed by atoms with E-state index in [1.807, 2.05) is 63.2 Å². The standard InChI is InChI=1S/C38H44N8O4/c1-6-33(47)40-28-19-17-26(18-20-28)36(49)41-29-15-10-14-27(22-29)35(48)39-21-11-16-31-30-23-46(38(2,3)34(30)44-43-31)37(50)42-32(24-45(4)5)25-12-8-7-9-13-25/h6-10,12-15,17-20,22,32H,1,11,16,21,23-24H2,2-5H3,(H,39,48)(H,40,47)(H,41,49)(H,42,50)(H,43,44)/t32-/m1/s1. The summed E-state index contributed by atoms with van der Waals surface area (Å²) in [5, 5.41) is 19.4. The first-order valence-corrected chi connectivity index (χ1v) is 16.5. The molecule has 260 valence electrons. The van der Waals surface area contributed by atoms with E-state index in [0.29, 0.717) is 55.0 Å². The van der Waals surface area contributed by atoms with Crippen LogP contribution in [0.2, 0.25) is 0 Å². The first-order valence-electron chi connectivity index (χ1n) is 16.5. The van der Waals surface area contributed by atoms with Crippen molar-refractivity contribution in [1.82, 2.24) is 30.6 Å². The number of aromatic amines is 1. The molecule has 0 aliphatic carbocycles. The summed E-state index contributed by atoms with van der Waals surface area (Å²) in [5.41, 5.74) is 5.10. The van der Waals surface area contributed by atoms with Crippen molar-refractivity contribution < 1.29 is 19.2 Å². The van der Waals surface area contributed by atoms with Crippen LogP contribution in [0.1, 0.15) is 69.5 Å². The number of urea groups is 1. The number of H-pyrrole nitrogens is 1. The number of carbonyl (C=O) groups is 4. The maximum absolute atomic E-state index is 13.7.